The van der Waals surface area contributed by atoms with Gasteiger partial charge in [0, 0.05) is 47.0 Å². The molecule has 0 saturated carbocycles. The highest BCUT2D eigenvalue weighted by molar-refractivity contribution is 6.00. The van der Waals surface area contributed by atoms with Crippen LogP contribution in [0.25, 0.3) is 89.8 Å². The average molecular weight is 778 g/mol. The summed E-state index contributed by atoms with van der Waals surface area (Å²) in [6.45, 7) is 0. The van der Waals surface area contributed by atoms with Gasteiger partial charge in [-0.15, -0.1) is 0 Å². The van der Waals surface area contributed by atoms with E-state index in [0.29, 0.717) is 17.5 Å². The molecular weight excluding hydrogens is 743 g/mol. The van der Waals surface area contributed by atoms with Crippen molar-refractivity contribution in [2.45, 2.75) is 5.41 Å². The summed E-state index contributed by atoms with van der Waals surface area (Å²) in [4.78, 5) is 24.7. The Labute approximate surface area is 353 Å². The average Bonchev–Trinajstić information content (AvgIpc) is 3.59. The summed E-state index contributed by atoms with van der Waals surface area (Å²) < 4.78 is 0. The maximum atomic E-state index is 5.39. The summed E-state index contributed by atoms with van der Waals surface area (Å²) in [6, 6.07) is 67.3. The molecule has 5 nitrogen and oxygen atoms in total. The van der Waals surface area contributed by atoms with Crippen LogP contribution in [0.4, 0.5) is 0 Å². The number of hydrogen-bond donors (Lipinski definition) is 0. The number of benzene rings is 7. The van der Waals surface area contributed by atoms with Gasteiger partial charge in [-0.25, -0.2) is 15.0 Å². The fraction of sp³-hybridized carbons (Fsp3) is 0.0179. The molecule has 0 bridgehead atoms. The highest BCUT2D eigenvalue weighted by Gasteiger charge is 2.50. The lowest BCUT2D eigenvalue weighted by atomic mass is 9.66. The molecule has 0 saturated heterocycles. The molecule has 2 aliphatic carbocycles. The van der Waals surface area contributed by atoms with Crippen molar-refractivity contribution in [3.8, 4) is 89.8 Å². The maximum Gasteiger partial charge on any atom is 0.164 e. The zero-order valence-corrected chi connectivity index (χ0v) is 32.9. The first kappa shape index (κ1) is 34.9. The first-order chi connectivity index (χ1) is 30.3. The summed E-state index contributed by atoms with van der Waals surface area (Å²) in [5.41, 5.74) is 18.5. The molecule has 1 spiro atoms. The van der Waals surface area contributed by atoms with Crippen molar-refractivity contribution in [3.63, 3.8) is 0 Å². The number of aromatic nitrogens is 5. The SMILES string of the molecule is c1cncc(-c2cccc(-c3nc(-c4cccc(-c5ccncc5)c4)nc(-c4cccc5c4-c4ccccc4C54c5ccccc5-c5ccccc5-c5ccccc54)n3)c2)c1. The largest absolute Gasteiger partial charge is 0.265 e. The van der Waals surface area contributed by atoms with Crippen molar-refractivity contribution in [1.82, 2.24) is 24.9 Å². The first-order valence-corrected chi connectivity index (χ1v) is 20.6. The maximum absolute atomic E-state index is 5.39. The Morgan fingerprint density at radius 3 is 1.34 bits per heavy atom. The van der Waals surface area contributed by atoms with Crippen LogP contribution in [0.2, 0.25) is 0 Å². The van der Waals surface area contributed by atoms with Crippen LogP contribution in [0.15, 0.2) is 213 Å². The summed E-state index contributed by atoms with van der Waals surface area (Å²) in [5, 5.41) is 0. The van der Waals surface area contributed by atoms with E-state index in [1.165, 1.54) is 50.1 Å². The smallest absolute Gasteiger partial charge is 0.164 e. The van der Waals surface area contributed by atoms with Crippen molar-refractivity contribution in [1.29, 1.82) is 0 Å². The minimum Gasteiger partial charge on any atom is -0.265 e. The van der Waals surface area contributed by atoms with Gasteiger partial charge >= 0.3 is 0 Å². The molecule has 12 rings (SSSR count). The second kappa shape index (κ2) is 14.0. The van der Waals surface area contributed by atoms with Crippen LogP contribution in [0.1, 0.15) is 22.3 Å². The third kappa shape index (κ3) is 5.44. The van der Waals surface area contributed by atoms with Gasteiger partial charge in [0.1, 0.15) is 0 Å². The molecule has 5 heteroatoms. The highest BCUT2D eigenvalue weighted by atomic mass is 15.0. The van der Waals surface area contributed by atoms with Crippen molar-refractivity contribution >= 4 is 0 Å². The molecule has 3 heterocycles. The van der Waals surface area contributed by atoms with Crippen LogP contribution >= 0.6 is 0 Å². The van der Waals surface area contributed by atoms with E-state index in [1.54, 1.807) is 6.20 Å². The molecule has 0 aliphatic heterocycles. The number of nitrogens with zero attached hydrogens (tertiary/aromatic N) is 5. The quantitative estimate of drug-likeness (QED) is 0.174. The predicted molar refractivity (Wildman–Crippen MR) is 244 cm³/mol. The summed E-state index contributed by atoms with van der Waals surface area (Å²) >= 11 is 0. The number of pyridine rings is 2. The lowest BCUT2D eigenvalue weighted by molar-refractivity contribution is 0.775. The van der Waals surface area contributed by atoms with E-state index in [9.17, 15) is 0 Å². The van der Waals surface area contributed by atoms with Crippen molar-refractivity contribution in [2.75, 3.05) is 0 Å². The minimum atomic E-state index is -0.621. The van der Waals surface area contributed by atoms with Gasteiger partial charge in [0.05, 0.1) is 5.41 Å². The van der Waals surface area contributed by atoms with Gasteiger partial charge in [0.25, 0.3) is 0 Å². The number of rotatable bonds is 5. The highest BCUT2D eigenvalue weighted by Crippen LogP contribution is 2.62. The predicted octanol–water partition coefficient (Wildman–Crippen LogP) is 13.0. The van der Waals surface area contributed by atoms with E-state index >= 15 is 0 Å². The molecule has 0 fully saturated rings. The summed E-state index contributed by atoms with van der Waals surface area (Å²) in [5.74, 6) is 1.81. The Kier molecular flexibility index (Phi) is 8.00. The molecule has 61 heavy (non-hydrogen) atoms. The van der Waals surface area contributed by atoms with Crippen LogP contribution in [0.3, 0.4) is 0 Å². The number of fused-ring (bicyclic) bond motifs is 12. The molecular formula is C56H35N5. The van der Waals surface area contributed by atoms with Gasteiger partial charge in [-0.1, -0.05) is 158 Å². The van der Waals surface area contributed by atoms with Crippen LogP contribution in [-0.4, -0.2) is 24.9 Å². The summed E-state index contributed by atoms with van der Waals surface area (Å²) in [7, 11) is 0. The van der Waals surface area contributed by atoms with E-state index in [4.69, 9.17) is 15.0 Å². The molecule has 0 radical (unpaired) electrons. The standard InChI is InChI=1S/C56H35N5/c1-2-19-43-42(18-1)44-20-3-6-24-48(44)56(49-25-7-4-21-45(43)49)50-26-8-5-22-46(50)52-47(23-11-27-51(52)56)55-60-53(39-15-9-13-37(33-39)36-28-31-57-32-29-36)59-54(61-55)40-16-10-14-38(34-40)41-17-12-30-58-35-41/h1-35H. The van der Waals surface area contributed by atoms with Crippen molar-refractivity contribution in [3.05, 3.63) is 235 Å². The normalized spacial score (nSPS) is 12.7. The van der Waals surface area contributed by atoms with Crippen LogP contribution in [0, 0.1) is 0 Å². The van der Waals surface area contributed by atoms with Crippen LogP contribution < -0.4 is 0 Å². The first-order valence-electron chi connectivity index (χ1n) is 20.6. The van der Waals surface area contributed by atoms with E-state index in [1.807, 2.05) is 36.8 Å². The second-order valence-corrected chi connectivity index (χ2v) is 15.6. The molecule has 0 amide bonds. The fourth-order valence-electron chi connectivity index (χ4n) is 9.79. The molecule has 0 atom stereocenters. The van der Waals surface area contributed by atoms with E-state index in [2.05, 4.69) is 180 Å². The van der Waals surface area contributed by atoms with Gasteiger partial charge in [-0.3, -0.25) is 9.97 Å². The lowest BCUT2D eigenvalue weighted by Gasteiger charge is -2.35. The zero-order valence-electron chi connectivity index (χ0n) is 32.9. The number of hydrogen-bond acceptors (Lipinski definition) is 5. The molecule has 2 aliphatic rings. The Hall–Kier alpha value is -8.15. The van der Waals surface area contributed by atoms with Crippen LogP contribution in [0.5, 0.6) is 0 Å². The third-order valence-corrected chi connectivity index (χ3v) is 12.4. The third-order valence-electron chi connectivity index (χ3n) is 12.4. The Morgan fingerprint density at radius 2 is 0.738 bits per heavy atom. The zero-order chi connectivity index (χ0) is 40.3. The molecule has 3 aromatic heterocycles. The van der Waals surface area contributed by atoms with E-state index in [-0.39, 0.29) is 0 Å². The van der Waals surface area contributed by atoms with Gasteiger partial charge in [-0.2, -0.15) is 0 Å². The topological polar surface area (TPSA) is 64.5 Å². The molecule has 0 unspecified atom stereocenters. The Bertz CT molecular complexity index is 3150. The summed E-state index contributed by atoms with van der Waals surface area (Å²) in [6.07, 6.45) is 7.32. The fourth-order valence-corrected chi connectivity index (χ4v) is 9.79. The van der Waals surface area contributed by atoms with Crippen molar-refractivity contribution < 1.29 is 0 Å². The monoisotopic (exact) mass is 777 g/mol. The molecule has 284 valence electrons. The second-order valence-electron chi connectivity index (χ2n) is 15.6. The van der Waals surface area contributed by atoms with Gasteiger partial charge in [0.2, 0.25) is 0 Å². The van der Waals surface area contributed by atoms with E-state index < -0.39 is 5.41 Å². The lowest BCUT2D eigenvalue weighted by Crippen LogP contribution is -2.29. The minimum absolute atomic E-state index is 0.597. The molecule has 0 N–H and O–H groups in total. The van der Waals surface area contributed by atoms with Gasteiger partial charge in [0.15, 0.2) is 17.5 Å². The van der Waals surface area contributed by atoms with Crippen molar-refractivity contribution in [2.24, 2.45) is 0 Å². The molecule has 10 aromatic rings. The van der Waals surface area contributed by atoms with Gasteiger partial charge < -0.3 is 0 Å². The Balaban J connectivity index is 1.14. The van der Waals surface area contributed by atoms with Crippen LogP contribution in [-0.2, 0) is 5.41 Å². The Morgan fingerprint density at radius 1 is 0.279 bits per heavy atom. The van der Waals surface area contributed by atoms with E-state index in [0.717, 1.165) is 44.5 Å². The molecule has 7 aromatic carbocycles. The van der Waals surface area contributed by atoms with Gasteiger partial charge in [-0.05, 0) is 103 Å².